The van der Waals surface area contributed by atoms with Gasteiger partial charge in [-0.25, -0.2) is 8.42 Å². The second-order valence-corrected chi connectivity index (χ2v) is 5.69. The van der Waals surface area contributed by atoms with E-state index >= 15 is 0 Å². The molecule has 0 atom stereocenters. The molecule has 2 N–H and O–H groups in total. The van der Waals surface area contributed by atoms with Crippen LogP contribution in [0.15, 0.2) is 29.2 Å². The zero-order chi connectivity index (χ0) is 13.1. The van der Waals surface area contributed by atoms with E-state index < -0.39 is 15.9 Å². The van der Waals surface area contributed by atoms with Gasteiger partial charge in [0.05, 0.1) is 4.90 Å². The quantitative estimate of drug-likeness (QED) is 0.793. The van der Waals surface area contributed by atoms with E-state index in [0.29, 0.717) is 5.92 Å². The first-order valence-electron chi connectivity index (χ1n) is 5.21. The molecule has 0 saturated carbocycles. The topological polar surface area (TPSA) is 75.3 Å². The minimum Gasteiger partial charge on any atom is -0.278 e. The summed E-state index contributed by atoms with van der Waals surface area (Å²) >= 11 is 0. The summed E-state index contributed by atoms with van der Waals surface area (Å²) in [5.41, 5.74) is 3.10. The van der Waals surface area contributed by atoms with Crippen molar-refractivity contribution in [2.24, 2.45) is 0 Å². The largest absolute Gasteiger partial charge is 0.278 e. The Bertz CT molecular complexity index is 492. The van der Waals surface area contributed by atoms with Crippen LogP contribution >= 0.6 is 0 Å². The molecule has 0 unspecified atom stereocenters. The van der Waals surface area contributed by atoms with Crippen molar-refractivity contribution in [3.05, 3.63) is 29.8 Å². The van der Waals surface area contributed by atoms with Crippen LogP contribution in [-0.2, 0) is 14.8 Å². The maximum Gasteiger partial charge on any atom is 0.257 e. The van der Waals surface area contributed by atoms with E-state index in [1.165, 1.54) is 19.1 Å². The number of carbonyl (C=O) groups excluding carboxylic acids is 1. The lowest BCUT2D eigenvalue weighted by Crippen LogP contribution is -2.40. The van der Waals surface area contributed by atoms with E-state index in [9.17, 15) is 13.2 Å². The Morgan fingerprint density at radius 2 is 1.71 bits per heavy atom. The Kier molecular flexibility index (Phi) is 4.25. The fraction of sp³-hybridized carbons (Fsp3) is 0.364. The van der Waals surface area contributed by atoms with E-state index in [2.05, 4.69) is 0 Å². The molecule has 5 nitrogen and oxygen atoms in total. The SMILES string of the molecule is CC(=O)NNS(=O)(=O)c1ccc(C(C)C)cc1. The maximum absolute atomic E-state index is 11.7. The summed E-state index contributed by atoms with van der Waals surface area (Å²) in [6, 6.07) is 6.54. The smallest absolute Gasteiger partial charge is 0.257 e. The fourth-order valence-electron chi connectivity index (χ4n) is 1.23. The summed E-state index contributed by atoms with van der Waals surface area (Å²) in [7, 11) is -3.68. The Balaban J connectivity index is 2.89. The van der Waals surface area contributed by atoms with Crippen molar-refractivity contribution in [1.29, 1.82) is 0 Å². The van der Waals surface area contributed by atoms with Gasteiger partial charge in [0.25, 0.3) is 10.0 Å². The maximum atomic E-state index is 11.7. The highest BCUT2D eigenvalue weighted by Crippen LogP contribution is 2.16. The van der Waals surface area contributed by atoms with Crippen molar-refractivity contribution in [1.82, 2.24) is 10.3 Å². The predicted octanol–water partition coefficient (Wildman–Crippen LogP) is 1.14. The number of rotatable bonds is 4. The average Bonchev–Trinajstić information content (AvgIpc) is 2.27. The van der Waals surface area contributed by atoms with Gasteiger partial charge in [0.2, 0.25) is 5.91 Å². The predicted molar refractivity (Wildman–Crippen MR) is 64.7 cm³/mol. The molecule has 0 aromatic heterocycles. The number of hydrazine groups is 1. The molecule has 94 valence electrons. The van der Waals surface area contributed by atoms with Crippen LogP contribution in [0.1, 0.15) is 32.3 Å². The summed E-state index contributed by atoms with van der Waals surface area (Å²) in [6.45, 7) is 5.28. The first-order chi connectivity index (χ1) is 7.83. The highest BCUT2D eigenvalue weighted by molar-refractivity contribution is 7.89. The molecular weight excluding hydrogens is 240 g/mol. The van der Waals surface area contributed by atoms with Crippen LogP contribution in [0, 0.1) is 0 Å². The van der Waals surface area contributed by atoms with Gasteiger partial charge in [-0.05, 0) is 23.6 Å². The molecule has 0 fully saturated rings. The fourth-order valence-corrected chi connectivity index (χ4v) is 2.12. The normalized spacial score (nSPS) is 11.5. The molecular formula is C11H16N2O3S. The molecule has 0 radical (unpaired) electrons. The van der Waals surface area contributed by atoms with E-state index in [1.807, 2.05) is 24.1 Å². The van der Waals surface area contributed by atoms with Gasteiger partial charge in [0.1, 0.15) is 0 Å². The van der Waals surface area contributed by atoms with Crippen LogP contribution in [0.4, 0.5) is 0 Å². The van der Waals surface area contributed by atoms with Crippen LogP contribution in [0.5, 0.6) is 0 Å². The number of hydrogen-bond acceptors (Lipinski definition) is 3. The van der Waals surface area contributed by atoms with Gasteiger partial charge in [-0.15, -0.1) is 4.83 Å². The van der Waals surface area contributed by atoms with Crippen molar-refractivity contribution < 1.29 is 13.2 Å². The molecule has 17 heavy (non-hydrogen) atoms. The second-order valence-electron chi connectivity index (χ2n) is 4.01. The molecule has 1 rings (SSSR count). The van der Waals surface area contributed by atoms with Crippen molar-refractivity contribution in [3.63, 3.8) is 0 Å². The molecule has 0 aliphatic heterocycles. The van der Waals surface area contributed by atoms with Crippen LogP contribution in [0.3, 0.4) is 0 Å². The summed E-state index contributed by atoms with van der Waals surface area (Å²) in [5, 5.41) is 0. The van der Waals surface area contributed by atoms with Gasteiger partial charge in [-0.3, -0.25) is 10.2 Å². The molecule has 0 spiro atoms. The van der Waals surface area contributed by atoms with Gasteiger partial charge in [-0.1, -0.05) is 26.0 Å². The van der Waals surface area contributed by atoms with E-state index in [4.69, 9.17) is 0 Å². The molecule has 1 amide bonds. The van der Waals surface area contributed by atoms with Crippen molar-refractivity contribution in [3.8, 4) is 0 Å². The van der Waals surface area contributed by atoms with E-state index in [-0.39, 0.29) is 4.90 Å². The van der Waals surface area contributed by atoms with Crippen molar-refractivity contribution in [2.45, 2.75) is 31.6 Å². The van der Waals surface area contributed by atoms with Crippen LogP contribution in [0.25, 0.3) is 0 Å². The van der Waals surface area contributed by atoms with Crippen LogP contribution in [-0.4, -0.2) is 14.3 Å². The molecule has 0 saturated heterocycles. The summed E-state index contributed by atoms with van der Waals surface area (Å²) in [4.78, 5) is 12.7. The molecule has 0 bridgehead atoms. The Morgan fingerprint density at radius 1 is 1.18 bits per heavy atom. The van der Waals surface area contributed by atoms with Gasteiger partial charge in [0.15, 0.2) is 0 Å². The number of carbonyl (C=O) groups is 1. The zero-order valence-electron chi connectivity index (χ0n) is 10.0. The Morgan fingerprint density at radius 3 is 2.12 bits per heavy atom. The first-order valence-corrected chi connectivity index (χ1v) is 6.69. The number of benzene rings is 1. The van der Waals surface area contributed by atoms with Crippen LogP contribution in [0.2, 0.25) is 0 Å². The van der Waals surface area contributed by atoms with Gasteiger partial charge in [0, 0.05) is 6.92 Å². The summed E-state index contributed by atoms with van der Waals surface area (Å²) in [5.74, 6) is -0.123. The molecule has 6 heteroatoms. The second kappa shape index (κ2) is 5.29. The standard InChI is InChI=1S/C11H16N2O3S/c1-8(2)10-4-6-11(7-5-10)17(15,16)13-12-9(3)14/h4-8,13H,1-3H3,(H,12,14). The summed E-state index contributed by atoms with van der Waals surface area (Å²) in [6.07, 6.45) is 0. The number of hydrogen-bond donors (Lipinski definition) is 2. The average molecular weight is 256 g/mol. The Labute approximate surface area is 101 Å². The molecule has 0 aliphatic carbocycles. The highest BCUT2D eigenvalue weighted by Gasteiger charge is 2.14. The zero-order valence-corrected chi connectivity index (χ0v) is 10.8. The molecule has 1 aromatic carbocycles. The van der Waals surface area contributed by atoms with Gasteiger partial charge < -0.3 is 0 Å². The minimum absolute atomic E-state index is 0.121. The summed E-state index contributed by atoms with van der Waals surface area (Å²) < 4.78 is 23.4. The third-order valence-electron chi connectivity index (χ3n) is 2.22. The molecule has 1 aromatic rings. The lowest BCUT2D eigenvalue weighted by atomic mass is 10.0. The van der Waals surface area contributed by atoms with E-state index in [1.54, 1.807) is 12.1 Å². The Hall–Kier alpha value is -1.40. The molecule has 0 heterocycles. The monoisotopic (exact) mass is 256 g/mol. The third-order valence-corrected chi connectivity index (χ3v) is 3.48. The number of nitrogens with one attached hydrogen (secondary N) is 2. The van der Waals surface area contributed by atoms with Crippen LogP contribution < -0.4 is 10.3 Å². The van der Waals surface area contributed by atoms with Gasteiger partial charge in [-0.2, -0.15) is 0 Å². The highest BCUT2D eigenvalue weighted by atomic mass is 32.2. The van der Waals surface area contributed by atoms with Gasteiger partial charge >= 0.3 is 0 Å². The lowest BCUT2D eigenvalue weighted by molar-refractivity contribution is -0.119. The number of sulfonamides is 1. The lowest BCUT2D eigenvalue weighted by Gasteiger charge is -2.09. The molecule has 0 aliphatic rings. The number of amides is 1. The van der Waals surface area contributed by atoms with E-state index in [0.717, 1.165) is 5.56 Å². The first kappa shape index (κ1) is 13.7. The third kappa shape index (κ3) is 3.83. The van der Waals surface area contributed by atoms with Crippen molar-refractivity contribution >= 4 is 15.9 Å². The van der Waals surface area contributed by atoms with Crippen molar-refractivity contribution in [2.75, 3.05) is 0 Å². The minimum atomic E-state index is -3.68.